The van der Waals surface area contributed by atoms with Crippen molar-refractivity contribution < 1.29 is 9.53 Å². The van der Waals surface area contributed by atoms with Crippen molar-refractivity contribution in [3.8, 4) is 5.75 Å². The molecule has 2 aromatic carbocycles. The molecule has 0 bridgehead atoms. The van der Waals surface area contributed by atoms with Crippen molar-refractivity contribution in [2.45, 2.75) is 26.2 Å². The van der Waals surface area contributed by atoms with Crippen molar-refractivity contribution >= 4 is 23.2 Å². The minimum atomic E-state index is 0.161. The van der Waals surface area contributed by atoms with Crippen molar-refractivity contribution in [3.63, 3.8) is 0 Å². The molecule has 23 heavy (non-hydrogen) atoms. The second-order valence-electron chi connectivity index (χ2n) is 5.85. The predicted molar refractivity (Wildman–Crippen MR) is 93.4 cm³/mol. The number of amides is 1. The lowest BCUT2D eigenvalue weighted by Gasteiger charge is -2.30. The molecule has 0 fully saturated rings. The van der Waals surface area contributed by atoms with E-state index in [0.717, 1.165) is 34.9 Å². The normalized spacial score (nSPS) is 13.4. The van der Waals surface area contributed by atoms with Crippen molar-refractivity contribution in [2.24, 2.45) is 0 Å². The highest BCUT2D eigenvalue weighted by molar-refractivity contribution is 6.30. The molecule has 0 saturated carbocycles. The average Bonchev–Trinajstić information content (AvgIpc) is 2.56. The quantitative estimate of drug-likeness (QED) is 0.832. The number of benzene rings is 2. The maximum Gasteiger partial charge on any atom is 0.227 e. The number of fused-ring (bicyclic) bond motifs is 1. The lowest BCUT2D eigenvalue weighted by Crippen LogP contribution is -2.37. The number of anilines is 1. The number of nitrogens with zero attached hydrogens (tertiary/aromatic N) is 1. The molecular weight excluding hydrogens is 310 g/mol. The third-order valence-electron chi connectivity index (χ3n) is 4.05. The predicted octanol–water partition coefficient (Wildman–Crippen LogP) is 4.40. The van der Waals surface area contributed by atoms with Crippen LogP contribution in [-0.4, -0.2) is 19.1 Å². The Kier molecular flexibility index (Phi) is 4.87. The Morgan fingerprint density at radius 2 is 2.00 bits per heavy atom. The van der Waals surface area contributed by atoms with Gasteiger partial charge in [-0.1, -0.05) is 29.8 Å². The molecule has 0 spiro atoms. The minimum absolute atomic E-state index is 0.161. The van der Waals surface area contributed by atoms with Crippen molar-refractivity contribution in [3.05, 3.63) is 58.6 Å². The van der Waals surface area contributed by atoms with Gasteiger partial charge < -0.3 is 9.64 Å². The van der Waals surface area contributed by atoms with Gasteiger partial charge in [0.1, 0.15) is 12.4 Å². The summed E-state index contributed by atoms with van der Waals surface area (Å²) >= 11 is 5.89. The van der Waals surface area contributed by atoms with Crippen LogP contribution in [0.5, 0.6) is 5.75 Å². The maximum absolute atomic E-state index is 12.6. The maximum atomic E-state index is 12.6. The zero-order valence-electron chi connectivity index (χ0n) is 13.2. The summed E-state index contributed by atoms with van der Waals surface area (Å²) < 4.78 is 5.64. The number of halogens is 1. The van der Waals surface area contributed by atoms with Crippen LogP contribution in [0.25, 0.3) is 0 Å². The van der Waals surface area contributed by atoms with Gasteiger partial charge in [-0.3, -0.25) is 4.79 Å². The van der Waals surface area contributed by atoms with Crippen LogP contribution in [0.2, 0.25) is 5.02 Å². The monoisotopic (exact) mass is 329 g/mol. The number of hydrogen-bond acceptors (Lipinski definition) is 2. The van der Waals surface area contributed by atoms with Crippen LogP contribution in [0, 0.1) is 6.92 Å². The molecular formula is C19H20ClNO2. The summed E-state index contributed by atoms with van der Waals surface area (Å²) in [6, 6.07) is 13.8. The van der Waals surface area contributed by atoms with Gasteiger partial charge in [0.05, 0.1) is 12.2 Å². The summed E-state index contributed by atoms with van der Waals surface area (Å²) in [5.41, 5.74) is 3.24. The van der Waals surface area contributed by atoms with E-state index in [-0.39, 0.29) is 5.91 Å². The topological polar surface area (TPSA) is 29.5 Å². The van der Waals surface area contributed by atoms with E-state index in [1.807, 2.05) is 54.3 Å². The van der Waals surface area contributed by atoms with E-state index in [1.165, 1.54) is 5.56 Å². The summed E-state index contributed by atoms with van der Waals surface area (Å²) in [6.45, 7) is 3.20. The average molecular weight is 330 g/mol. The highest BCUT2D eigenvalue weighted by Crippen LogP contribution is 2.32. The Balaban J connectivity index is 1.61. The van der Waals surface area contributed by atoms with Crippen LogP contribution in [0.4, 0.5) is 5.69 Å². The Bertz CT molecular complexity index is 697. The van der Waals surface area contributed by atoms with E-state index in [9.17, 15) is 4.79 Å². The van der Waals surface area contributed by atoms with Crippen LogP contribution < -0.4 is 9.64 Å². The molecule has 1 aliphatic heterocycles. The Labute approximate surface area is 141 Å². The second-order valence-corrected chi connectivity index (χ2v) is 6.28. The first-order chi connectivity index (χ1) is 11.1. The number of carbonyl (C=O) groups is 1. The van der Waals surface area contributed by atoms with Crippen LogP contribution in [0.15, 0.2) is 42.5 Å². The molecule has 0 radical (unpaired) electrons. The zero-order valence-corrected chi connectivity index (χ0v) is 14.0. The minimum Gasteiger partial charge on any atom is -0.490 e. The van der Waals surface area contributed by atoms with Crippen LogP contribution in [0.1, 0.15) is 24.0 Å². The highest BCUT2D eigenvalue weighted by atomic mass is 35.5. The first kappa shape index (κ1) is 15.9. The molecule has 2 aromatic rings. The molecule has 0 unspecified atom stereocenters. The van der Waals surface area contributed by atoms with Gasteiger partial charge in [0.15, 0.2) is 0 Å². The molecule has 0 aliphatic carbocycles. The number of carbonyl (C=O) groups excluding carboxylic acids is 1. The zero-order chi connectivity index (χ0) is 16.2. The fraction of sp³-hybridized carbons (Fsp3) is 0.316. The third kappa shape index (κ3) is 3.85. The van der Waals surface area contributed by atoms with Gasteiger partial charge in [-0.2, -0.15) is 0 Å². The van der Waals surface area contributed by atoms with E-state index in [2.05, 4.69) is 0 Å². The summed E-state index contributed by atoms with van der Waals surface area (Å²) in [6.07, 6.45) is 2.25. The lowest BCUT2D eigenvalue weighted by atomic mass is 10.1. The number of rotatable bonds is 4. The Hall–Kier alpha value is -2.00. The van der Waals surface area contributed by atoms with E-state index in [0.29, 0.717) is 19.6 Å². The van der Waals surface area contributed by atoms with Gasteiger partial charge >= 0.3 is 0 Å². The van der Waals surface area contributed by atoms with Crippen molar-refractivity contribution in [1.82, 2.24) is 0 Å². The number of hydrogen-bond donors (Lipinski definition) is 0. The van der Waals surface area contributed by atoms with Gasteiger partial charge in [0.2, 0.25) is 5.91 Å². The molecule has 0 saturated heterocycles. The number of ether oxygens (including phenoxy) is 1. The highest BCUT2D eigenvalue weighted by Gasteiger charge is 2.23. The van der Waals surface area contributed by atoms with Gasteiger partial charge in [0.25, 0.3) is 0 Å². The molecule has 120 valence electrons. The standard InChI is InChI=1S/C19H20ClNO2/c1-14-5-10-18-17(13-14)21(11-12-23-18)19(22)4-2-3-15-6-8-16(20)9-7-15/h5-10,13H,2-4,11-12H2,1H3. The van der Waals surface area contributed by atoms with Crippen LogP contribution in [-0.2, 0) is 11.2 Å². The first-order valence-electron chi connectivity index (χ1n) is 7.92. The SMILES string of the molecule is Cc1ccc2c(c1)N(C(=O)CCCc1ccc(Cl)cc1)CCO2. The largest absolute Gasteiger partial charge is 0.490 e. The van der Waals surface area contributed by atoms with Gasteiger partial charge in [-0.15, -0.1) is 0 Å². The smallest absolute Gasteiger partial charge is 0.227 e. The summed E-state index contributed by atoms with van der Waals surface area (Å²) in [7, 11) is 0. The van der Waals surface area contributed by atoms with Crippen molar-refractivity contribution in [1.29, 1.82) is 0 Å². The van der Waals surface area contributed by atoms with Gasteiger partial charge in [-0.05, 0) is 55.2 Å². The molecule has 3 rings (SSSR count). The van der Waals surface area contributed by atoms with Gasteiger partial charge in [0, 0.05) is 11.4 Å². The summed E-state index contributed by atoms with van der Waals surface area (Å²) in [4.78, 5) is 14.4. The molecule has 0 N–H and O–H groups in total. The molecule has 1 amide bonds. The molecule has 1 aliphatic rings. The van der Waals surface area contributed by atoms with Crippen molar-refractivity contribution in [2.75, 3.05) is 18.1 Å². The summed E-state index contributed by atoms with van der Waals surface area (Å²) in [5, 5.41) is 0.741. The third-order valence-corrected chi connectivity index (χ3v) is 4.30. The summed E-state index contributed by atoms with van der Waals surface area (Å²) in [5.74, 6) is 0.960. The van der Waals surface area contributed by atoms with Gasteiger partial charge in [-0.25, -0.2) is 0 Å². The Morgan fingerprint density at radius 1 is 1.22 bits per heavy atom. The van der Waals surface area contributed by atoms with Crippen LogP contribution >= 0.6 is 11.6 Å². The van der Waals surface area contributed by atoms with E-state index in [4.69, 9.17) is 16.3 Å². The first-order valence-corrected chi connectivity index (χ1v) is 8.29. The molecule has 0 aromatic heterocycles. The fourth-order valence-electron chi connectivity index (χ4n) is 2.82. The molecule has 0 atom stereocenters. The van der Waals surface area contributed by atoms with E-state index < -0.39 is 0 Å². The molecule has 1 heterocycles. The second kappa shape index (κ2) is 7.05. The van der Waals surface area contributed by atoms with E-state index >= 15 is 0 Å². The molecule has 3 nitrogen and oxygen atoms in total. The molecule has 4 heteroatoms. The lowest BCUT2D eigenvalue weighted by molar-refractivity contribution is -0.118. The van der Waals surface area contributed by atoms with E-state index in [1.54, 1.807) is 0 Å². The fourth-order valence-corrected chi connectivity index (χ4v) is 2.94. The Morgan fingerprint density at radius 3 is 2.78 bits per heavy atom. The van der Waals surface area contributed by atoms with Crippen LogP contribution in [0.3, 0.4) is 0 Å². The number of aryl methyl sites for hydroxylation is 2.